The third kappa shape index (κ3) is 3.41. The topological polar surface area (TPSA) is 87.3 Å². The minimum absolute atomic E-state index is 0.0564. The normalized spacial score (nSPS) is 22.8. The molecule has 0 bridgehead atoms. The number of methoxy groups -OCH3 is 1. The summed E-state index contributed by atoms with van der Waals surface area (Å²) in [6.07, 6.45) is 7.29. The Balaban J connectivity index is 2.07. The quantitative estimate of drug-likeness (QED) is 0.822. The molecule has 1 aromatic rings. The minimum atomic E-state index is -0.517. The summed E-state index contributed by atoms with van der Waals surface area (Å²) >= 11 is 0. The van der Waals surface area contributed by atoms with Crippen molar-refractivity contribution in [3.63, 3.8) is 0 Å². The molecule has 2 unspecified atom stereocenters. The van der Waals surface area contributed by atoms with Crippen molar-refractivity contribution in [2.75, 3.05) is 13.7 Å². The van der Waals surface area contributed by atoms with E-state index in [2.05, 4.69) is 14.7 Å². The third-order valence-corrected chi connectivity index (χ3v) is 3.42. The SMILES string of the molecule is COC(=O)c1cncc(OC2CCCCC2CN)n1. The summed E-state index contributed by atoms with van der Waals surface area (Å²) in [7, 11) is 1.31. The van der Waals surface area contributed by atoms with Crippen molar-refractivity contribution in [3.8, 4) is 5.88 Å². The van der Waals surface area contributed by atoms with Gasteiger partial charge in [0.1, 0.15) is 6.10 Å². The van der Waals surface area contributed by atoms with E-state index in [9.17, 15) is 4.79 Å². The number of hydrogen-bond donors (Lipinski definition) is 1. The van der Waals surface area contributed by atoms with Crippen LogP contribution in [0.5, 0.6) is 5.88 Å². The Labute approximate surface area is 112 Å². The Hall–Kier alpha value is -1.69. The highest BCUT2D eigenvalue weighted by atomic mass is 16.5. The Bertz CT molecular complexity index is 439. The van der Waals surface area contributed by atoms with Crippen LogP contribution in [0.2, 0.25) is 0 Å². The number of carbonyl (C=O) groups is 1. The van der Waals surface area contributed by atoms with E-state index >= 15 is 0 Å². The fourth-order valence-corrected chi connectivity index (χ4v) is 2.36. The molecule has 1 aromatic heterocycles. The molecule has 1 aliphatic carbocycles. The lowest BCUT2D eigenvalue weighted by molar-refractivity contribution is 0.0586. The third-order valence-electron chi connectivity index (χ3n) is 3.42. The first-order chi connectivity index (χ1) is 9.24. The zero-order valence-electron chi connectivity index (χ0n) is 11.0. The highest BCUT2D eigenvalue weighted by Crippen LogP contribution is 2.27. The van der Waals surface area contributed by atoms with Gasteiger partial charge in [-0.1, -0.05) is 6.42 Å². The molecule has 0 spiro atoms. The number of rotatable bonds is 4. The molecule has 104 valence electrons. The monoisotopic (exact) mass is 265 g/mol. The second-order valence-electron chi connectivity index (χ2n) is 4.67. The summed E-state index contributed by atoms with van der Waals surface area (Å²) in [5.41, 5.74) is 5.91. The first kappa shape index (κ1) is 13.7. The van der Waals surface area contributed by atoms with Crippen LogP contribution in [0.15, 0.2) is 12.4 Å². The molecule has 2 N–H and O–H groups in total. The van der Waals surface area contributed by atoms with E-state index in [-0.39, 0.29) is 11.8 Å². The van der Waals surface area contributed by atoms with Crippen molar-refractivity contribution in [3.05, 3.63) is 18.1 Å². The van der Waals surface area contributed by atoms with E-state index in [4.69, 9.17) is 10.5 Å². The molecule has 0 aliphatic heterocycles. The summed E-state index contributed by atoms with van der Waals surface area (Å²) in [4.78, 5) is 19.4. The first-order valence-electron chi connectivity index (χ1n) is 6.51. The second-order valence-corrected chi connectivity index (χ2v) is 4.67. The molecule has 1 fully saturated rings. The Kier molecular flexibility index (Phi) is 4.68. The molecular formula is C13H19N3O3. The number of hydrogen-bond acceptors (Lipinski definition) is 6. The van der Waals surface area contributed by atoms with Crippen LogP contribution in [-0.4, -0.2) is 35.7 Å². The molecule has 19 heavy (non-hydrogen) atoms. The second kappa shape index (κ2) is 6.47. The van der Waals surface area contributed by atoms with E-state index in [0.717, 1.165) is 19.3 Å². The molecule has 1 heterocycles. The predicted octanol–water partition coefficient (Wildman–Crippen LogP) is 1.16. The summed E-state index contributed by atoms with van der Waals surface area (Å²) in [6, 6.07) is 0. The number of nitrogens with zero attached hydrogens (tertiary/aromatic N) is 2. The van der Waals surface area contributed by atoms with Crippen molar-refractivity contribution in [1.82, 2.24) is 9.97 Å². The van der Waals surface area contributed by atoms with Crippen molar-refractivity contribution < 1.29 is 14.3 Å². The van der Waals surface area contributed by atoms with Crippen molar-refractivity contribution in [2.45, 2.75) is 31.8 Å². The summed E-state index contributed by atoms with van der Waals surface area (Å²) in [5.74, 6) is 0.183. The lowest BCUT2D eigenvalue weighted by Gasteiger charge is -2.30. The van der Waals surface area contributed by atoms with Gasteiger partial charge in [-0.05, 0) is 25.8 Å². The molecule has 0 saturated heterocycles. The number of carbonyl (C=O) groups excluding carboxylic acids is 1. The van der Waals surface area contributed by atoms with Crippen molar-refractivity contribution in [2.24, 2.45) is 11.7 Å². The van der Waals surface area contributed by atoms with Crippen LogP contribution >= 0.6 is 0 Å². The Morgan fingerprint density at radius 3 is 2.95 bits per heavy atom. The van der Waals surface area contributed by atoms with Crippen LogP contribution in [-0.2, 0) is 4.74 Å². The lowest BCUT2D eigenvalue weighted by atomic mass is 9.86. The molecule has 1 aliphatic rings. The first-order valence-corrected chi connectivity index (χ1v) is 6.51. The smallest absolute Gasteiger partial charge is 0.358 e. The van der Waals surface area contributed by atoms with Gasteiger partial charge in [-0.2, -0.15) is 0 Å². The van der Waals surface area contributed by atoms with E-state index in [0.29, 0.717) is 18.3 Å². The standard InChI is InChI=1S/C13H19N3O3/c1-18-13(17)10-7-15-8-12(16-10)19-11-5-3-2-4-9(11)6-14/h7-9,11H,2-6,14H2,1H3. The maximum absolute atomic E-state index is 11.4. The highest BCUT2D eigenvalue weighted by Gasteiger charge is 2.26. The molecule has 0 aromatic carbocycles. The van der Waals surface area contributed by atoms with Gasteiger partial charge in [-0.15, -0.1) is 0 Å². The maximum Gasteiger partial charge on any atom is 0.358 e. The predicted molar refractivity (Wildman–Crippen MR) is 68.8 cm³/mol. The van der Waals surface area contributed by atoms with Gasteiger partial charge in [0.05, 0.1) is 19.5 Å². The van der Waals surface area contributed by atoms with Crippen LogP contribution < -0.4 is 10.5 Å². The molecule has 0 amide bonds. The summed E-state index contributed by atoms with van der Waals surface area (Å²) in [5, 5.41) is 0. The van der Waals surface area contributed by atoms with Gasteiger partial charge < -0.3 is 15.2 Å². The summed E-state index contributed by atoms with van der Waals surface area (Å²) < 4.78 is 10.4. The van der Waals surface area contributed by atoms with Gasteiger partial charge in [0.25, 0.3) is 0 Å². The van der Waals surface area contributed by atoms with Crippen LogP contribution in [0.25, 0.3) is 0 Å². The molecule has 2 atom stereocenters. The van der Waals surface area contributed by atoms with Crippen LogP contribution in [0.4, 0.5) is 0 Å². The van der Waals surface area contributed by atoms with Gasteiger partial charge >= 0.3 is 5.97 Å². The molecule has 6 heteroatoms. The molecular weight excluding hydrogens is 246 g/mol. The zero-order valence-corrected chi connectivity index (χ0v) is 11.0. The fourth-order valence-electron chi connectivity index (χ4n) is 2.36. The number of ether oxygens (including phenoxy) is 2. The number of nitrogens with two attached hydrogens (primary N) is 1. The van der Waals surface area contributed by atoms with Crippen LogP contribution in [0, 0.1) is 5.92 Å². The maximum atomic E-state index is 11.4. The summed E-state index contributed by atoms with van der Waals surface area (Å²) in [6.45, 7) is 0.606. The van der Waals surface area contributed by atoms with Crippen LogP contribution in [0.3, 0.4) is 0 Å². The molecule has 1 saturated carbocycles. The molecule has 6 nitrogen and oxygen atoms in total. The number of esters is 1. The zero-order chi connectivity index (χ0) is 13.7. The average molecular weight is 265 g/mol. The largest absolute Gasteiger partial charge is 0.473 e. The fraction of sp³-hybridized carbons (Fsp3) is 0.615. The van der Waals surface area contributed by atoms with Gasteiger partial charge in [0.2, 0.25) is 5.88 Å². The van der Waals surface area contributed by atoms with Crippen molar-refractivity contribution >= 4 is 5.97 Å². The molecule has 2 rings (SSSR count). The van der Waals surface area contributed by atoms with Gasteiger partial charge in [0, 0.05) is 5.92 Å². The highest BCUT2D eigenvalue weighted by molar-refractivity contribution is 5.86. The Morgan fingerprint density at radius 1 is 1.42 bits per heavy atom. The van der Waals surface area contributed by atoms with Gasteiger partial charge in [-0.25, -0.2) is 9.78 Å². The minimum Gasteiger partial charge on any atom is -0.473 e. The Morgan fingerprint density at radius 2 is 2.21 bits per heavy atom. The van der Waals surface area contributed by atoms with Crippen molar-refractivity contribution in [1.29, 1.82) is 0 Å². The van der Waals surface area contributed by atoms with E-state index in [1.165, 1.54) is 25.9 Å². The lowest BCUT2D eigenvalue weighted by Crippen LogP contribution is -2.35. The van der Waals surface area contributed by atoms with E-state index < -0.39 is 5.97 Å². The van der Waals surface area contributed by atoms with Crippen LogP contribution in [0.1, 0.15) is 36.2 Å². The average Bonchev–Trinajstić information content (AvgIpc) is 2.47. The van der Waals surface area contributed by atoms with E-state index in [1.54, 1.807) is 0 Å². The number of aromatic nitrogens is 2. The van der Waals surface area contributed by atoms with E-state index in [1.807, 2.05) is 0 Å². The van der Waals surface area contributed by atoms with Gasteiger partial charge in [-0.3, -0.25) is 4.98 Å². The van der Waals surface area contributed by atoms with Gasteiger partial charge in [0.15, 0.2) is 5.69 Å². The molecule has 0 radical (unpaired) electrons.